The summed E-state index contributed by atoms with van der Waals surface area (Å²) in [6.07, 6.45) is 1.27. The molecule has 6 nitrogen and oxygen atoms in total. The highest BCUT2D eigenvalue weighted by Crippen LogP contribution is 2.22. The molecule has 0 aliphatic heterocycles. The maximum atomic E-state index is 11.0. The summed E-state index contributed by atoms with van der Waals surface area (Å²) in [5, 5.41) is 17.8. The van der Waals surface area contributed by atoms with Crippen molar-refractivity contribution in [1.29, 1.82) is 0 Å². The monoisotopic (exact) mass is 341 g/mol. The first kappa shape index (κ1) is 11.8. The molecule has 7 heteroatoms. The van der Waals surface area contributed by atoms with E-state index in [0.29, 0.717) is 11.5 Å². The van der Waals surface area contributed by atoms with Crippen LogP contribution < -0.4 is 5.32 Å². The van der Waals surface area contributed by atoms with Crippen molar-refractivity contribution in [3.8, 4) is 11.4 Å². The molecule has 86 valence electrons. The molecule has 1 aromatic heterocycles. The van der Waals surface area contributed by atoms with Crippen molar-refractivity contribution in [3.05, 3.63) is 28.1 Å². The molecule has 1 heterocycles. The zero-order valence-corrected chi connectivity index (χ0v) is 11.0. The van der Waals surface area contributed by atoms with E-state index < -0.39 is 0 Å². The van der Waals surface area contributed by atoms with Gasteiger partial charge in [-0.15, -0.1) is 20.4 Å². The van der Waals surface area contributed by atoms with Crippen molar-refractivity contribution >= 4 is 34.2 Å². The summed E-state index contributed by atoms with van der Waals surface area (Å²) in [6, 6.07) is 5.53. The fourth-order valence-corrected chi connectivity index (χ4v) is 1.98. The Balaban J connectivity index is 2.42. The summed E-state index contributed by atoms with van der Waals surface area (Å²) in [7, 11) is 0. The molecule has 0 saturated heterocycles. The minimum Gasteiger partial charge on any atom is -0.326 e. The van der Waals surface area contributed by atoms with Gasteiger partial charge in [-0.1, -0.05) is 0 Å². The van der Waals surface area contributed by atoms with Gasteiger partial charge >= 0.3 is 0 Å². The van der Waals surface area contributed by atoms with Gasteiger partial charge in [0.2, 0.25) is 11.7 Å². The van der Waals surface area contributed by atoms with E-state index in [2.05, 4.69) is 48.3 Å². The van der Waals surface area contributed by atoms with Gasteiger partial charge in [0.15, 0.2) is 6.33 Å². The molecule has 17 heavy (non-hydrogen) atoms. The molecule has 0 unspecified atom stereocenters. The molecule has 0 atom stereocenters. The topological polar surface area (TPSA) is 80.7 Å². The van der Waals surface area contributed by atoms with E-state index in [9.17, 15) is 4.79 Å². The Labute approximate surface area is 111 Å². The molecule has 0 saturated carbocycles. The summed E-state index contributed by atoms with van der Waals surface area (Å²) in [5.74, 6) is 0.306. The SMILES string of the molecule is CC(=O)Nc1cc(I)cc(-c2nncnn2)c1. The lowest BCUT2D eigenvalue weighted by atomic mass is 10.2. The average molecular weight is 341 g/mol. The summed E-state index contributed by atoms with van der Waals surface area (Å²) in [6.45, 7) is 1.46. The number of amides is 1. The van der Waals surface area contributed by atoms with Gasteiger partial charge in [0.1, 0.15) is 0 Å². The van der Waals surface area contributed by atoms with E-state index in [-0.39, 0.29) is 5.91 Å². The normalized spacial score (nSPS) is 10.0. The maximum absolute atomic E-state index is 11.0. The van der Waals surface area contributed by atoms with Crippen LogP contribution in [-0.2, 0) is 4.79 Å². The largest absolute Gasteiger partial charge is 0.326 e. The fraction of sp³-hybridized carbons (Fsp3) is 0.100. The van der Waals surface area contributed by atoms with Crippen molar-refractivity contribution in [3.63, 3.8) is 0 Å². The lowest BCUT2D eigenvalue weighted by molar-refractivity contribution is -0.114. The van der Waals surface area contributed by atoms with Crippen LogP contribution in [0.1, 0.15) is 6.92 Å². The van der Waals surface area contributed by atoms with Crippen LogP contribution in [0.3, 0.4) is 0 Å². The predicted octanol–water partition coefficient (Wildman–Crippen LogP) is 1.50. The van der Waals surface area contributed by atoms with Gasteiger partial charge in [0, 0.05) is 21.7 Å². The first-order valence-corrected chi connectivity index (χ1v) is 5.82. The number of aromatic nitrogens is 4. The van der Waals surface area contributed by atoms with Gasteiger partial charge < -0.3 is 5.32 Å². The highest BCUT2D eigenvalue weighted by Gasteiger charge is 2.06. The van der Waals surface area contributed by atoms with Crippen molar-refractivity contribution < 1.29 is 4.79 Å². The minimum atomic E-state index is -0.122. The Bertz CT molecular complexity index is 546. The molecular formula is C10H8IN5O. The Morgan fingerprint density at radius 3 is 2.59 bits per heavy atom. The van der Waals surface area contributed by atoms with Crippen molar-refractivity contribution in [1.82, 2.24) is 20.4 Å². The maximum Gasteiger partial charge on any atom is 0.221 e. The van der Waals surface area contributed by atoms with Crippen LogP contribution >= 0.6 is 22.6 Å². The van der Waals surface area contributed by atoms with Crippen LogP contribution in [0, 0.1) is 3.57 Å². The van der Waals surface area contributed by atoms with Crippen molar-refractivity contribution in [2.24, 2.45) is 0 Å². The third-order valence-corrected chi connectivity index (χ3v) is 2.51. The van der Waals surface area contributed by atoms with Gasteiger partial charge in [-0.2, -0.15) is 0 Å². The van der Waals surface area contributed by atoms with E-state index in [0.717, 1.165) is 9.13 Å². The van der Waals surface area contributed by atoms with Gasteiger partial charge in [0.25, 0.3) is 0 Å². The Kier molecular flexibility index (Phi) is 3.57. The summed E-state index contributed by atoms with van der Waals surface area (Å²) in [4.78, 5) is 11.0. The number of nitrogens with one attached hydrogen (secondary N) is 1. The number of rotatable bonds is 2. The number of hydrogen-bond donors (Lipinski definition) is 1. The van der Waals surface area contributed by atoms with Crippen LogP contribution in [-0.4, -0.2) is 26.3 Å². The molecule has 0 radical (unpaired) electrons. The summed E-state index contributed by atoms with van der Waals surface area (Å²) < 4.78 is 0.969. The molecule has 0 bridgehead atoms. The molecule has 1 N–H and O–H groups in total. The standard InChI is InChI=1S/C10H8IN5O/c1-6(17)14-9-3-7(2-8(11)4-9)10-15-12-5-13-16-10/h2-5H,1H3,(H,14,17). The lowest BCUT2D eigenvalue weighted by Crippen LogP contribution is -2.06. The van der Waals surface area contributed by atoms with Crippen LogP contribution in [0.15, 0.2) is 24.5 Å². The lowest BCUT2D eigenvalue weighted by Gasteiger charge is -2.05. The smallest absolute Gasteiger partial charge is 0.221 e. The van der Waals surface area contributed by atoms with Gasteiger partial charge in [-0.3, -0.25) is 4.79 Å². The second-order valence-corrected chi connectivity index (χ2v) is 4.53. The number of carbonyl (C=O) groups is 1. The zero-order valence-electron chi connectivity index (χ0n) is 8.88. The number of carbonyl (C=O) groups excluding carboxylic acids is 1. The zero-order chi connectivity index (χ0) is 12.3. The number of halogens is 1. The fourth-order valence-electron chi connectivity index (χ4n) is 1.31. The van der Waals surface area contributed by atoms with E-state index in [1.165, 1.54) is 13.3 Å². The van der Waals surface area contributed by atoms with E-state index in [1.807, 2.05) is 12.1 Å². The number of benzene rings is 1. The number of anilines is 1. The molecule has 0 fully saturated rings. The quantitative estimate of drug-likeness (QED) is 0.838. The van der Waals surface area contributed by atoms with Gasteiger partial charge in [-0.05, 0) is 40.8 Å². The van der Waals surface area contributed by atoms with Crippen LogP contribution in [0.25, 0.3) is 11.4 Å². The van der Waals surface area contributed by atoms with Crippen molar-refractivity contribution in [2.45, 2.75) is 6.92 Å². The molecule has 2 aromatic rings. The summed E-state index contributed by atoms with van der Waals surface area (Å²) >= 11 is 2.16. The molecule has 0 spiro atoms. The molecular weight excluding hydrogens is 333 g/mol. The minimum absolute atomic E-state index is 0.122. The Morgan fingerprint density at radius 1 is 1.24 bits per heavy atom. The van der Waals surface area contributed by atoms with Crippen molar-refractivity contribution in [2.75, 3.05) is 5.32 Å². The molecule has 1 aromatic carbocycles. The molecule has 0 aliphatic rings. The van der Waals surface area contributed by atoms with Gasteiger partial charge in [-0.25, -0.2) is 0 Å². The number of hydrogen-bond acceptors (Lipinski definition) is 5. The Morgan fingerprint density at radius 2 is 1.94 bits per heavy atom. The number of nitrogens with zero attached hydrogens (tertiary/aromatic N) is 4. The van der Waals surface area contributed by atoms with Crippen LogP contribution in [0.4, 0.5) is 5.69 Å². The third kappa shape index (κ3) is 3.16. The molecule has 2 rings (SSSR count). The molecule has 0 aliphatic carbocycles. The van der Waals surface area contributed by atoms with E-state index >= 15 is 0 Å². The predicted molar refractivity (Wildman–Crippen MR) is 70.1 cm³/mol. The summed E-state index contributed by atoms with van der Waals surface area (Å²) in [5.41, 5.74) is 1.47. The van der Waals surface area contributed by atoms with E-state index in [1.54, 1.807) is 6.07 Å². The third-order valence-electron chi connectivity index (χ3n) is 1.88. The van der Waals surface area contributed by atoms with Crippen LogP contribution in [0.2, 0.25) is 0 Å². The second kappa shape index (κ2) is 5.13. The van der Waals surface area contributed by atoms with E-state index in [4.69, 9.17) is 0 Å². The second-order valence-electron chi connectivity index (χ2n) is 3.28. The molecule has 1 amide bonds. The Hall–Kier alpha value is -1.64. The highest BCUT2D eigenvalue weighted by atomic mass is 127. The van der Waals surface area contributed by atoms with Crippen LogP contribution in [0.5, 0.6) is 0 Å². The average Bonchev–Trinajstić information content (AvgIpc) is 2.28. The first-order chi connectivity index (χ1) is 8.15. The highest BCUT2D eigenvalue weighted by molar-refractivity contribution is 14.1. The van der Waals surface area contributed by atoms with Gasteiger partial charge in [0.05, 0.1) is 0 Å². The first-order valence-electron chi connectivity index (χ1n) is 4.74.